The van der Waals surface area contributed by atoms with Gasteiger partial charge < -0.3 is 15.8 Å². The van der Waals surface area contributed by atoms with Crippen LogP contribution in [0.2, 0.25) is 0 Å². The van der Waals surface area contributed by atoms with E-state index in [1.54, 1.807) is 7.11 Å². The molecular formula is C11H24N2O2. The largest absolute Gasteiger partial charge is 0.383 e. The van der Waals surface area contributed by atoms with Crippen LogP contribution in [-0.4, -0.2) is 31.2 Å². The Balaban J connectivity index is 4.34. The topological polar surface area (TPSA) is 64.4 Å². The Kier molecular flexibility index (Phi) is 6.52. The van der Waals surface area contributed by atoms with Crippen LogP contribution < -0.4 is 11.1 Å². The number of methoxy groups -OCH3 is 1. The number of amides is 1. The number of nitrogens with one attached hydrogen (secondary N) is 1. The zero-order valence-corrected chi connectivity index (χ0v) is 10.3. The molecular weight excluding hydrogens is 192 g/mol. The van der Waals surface area contributed by atoms with Gasteiger partial charge in [-0.3, -0.25) is 4.79 Å². The van der Waals surface area contributed by atoms with Crippen molar-refractivity contribution in [3.63, 3.8) is 0 Å². The molecule has 15 heavy (non-hydrogen) atoms. The molecule has 3 N–H and O–H groups in total. The molecule has 0 fully saturated rings. The van der Waals surface area contributed by atoms with E-state index in [2.05, 4.69) is 26.1 Å². The first kappa shape index (κ1) is 14.4. The van der Waals surface area contributed by atoms with Crippen LogP contribution in [0.5, 0.6) is 0 Å². The fourth-order valence-corrected chi connectivity index (χ4v) is 1.62. The summed E-state index contributed by atoms with van der Waals surface area (Å²) in [5.74, 6) is -0.123. The minimum atomic E-state index is -0.570. The minimum absolute atomic E-state index is 0.109. The molecule has 4 heteroatoms. The molecule has 0 aromatic carbocycles. The van der Waals surface area contributed by atoms with E-state index in [-0.39, 0.29) is 18.1 Å². The molecule has 4 nitrogen and oxygen atoms in total. The molecule has 0 spiro atoms. The van der Waals surface area contributed by atoms with Gasteiger partial charge in [0.2, 0.25) is 5.91 Å². The van der Waals surface area contributed by atoms with Gasteiger partial charge in [-0.2, -0.15) is 0 Å². The summed E-state index contributed by atoms with van der Waals surface area (Å²) in [7, 11) is 1.54. The Morgan fingerprint density at radius 2 is 1.80 bits per heavy atom. The summed E-state index contributed by atoms with van der Waals surface area (Å²) in [5.41, 5.74) is 5.55. The fraction of sp³-hybridized carbons (Fsp3) is 0.909. The van der Waals surface area contributed by atoms with Crippen molar-refractivity contribution in [2.45, 2.75) is 51.6 Å². The van der Waals surface area contributed by atoms with E-state index in [9.17, 15) is 4.79 Å². The standard InChI is InChI=1S/C11H24N2O2/c1-5-11(6-2,7-3)13-10(14)9(12)8-15-4/h9H,5-8,12H2,1-4H3,(H,13,14). The summed E-state index contributed by atoms with van der Waals surface area (Å²) < 4.78 is 4.85. The molecule has 90 valence electrons. The number of carbonyl (C=O) groups is 1. The number of ether oxygens (including phenoxy) is 1. The number of hydrogen-bond donors (Lipinski definition) is 2. The van der Waals surface area contributed by atoms with Gasteiger partial charge in [-0.15, -0.1) is 0 Å². The highest BCUT2D eigenvalue weighted by Crippen LogP contribution is 2.19. The predicted octanol–water partition coefficient (Wildman–Crippen LogP) is 1.05. The van der Waals surface area contributed by atoms with Crippen LogP contribution in [0.25, 0.3) is 0 Å². The summed E-state index contributed by atoms with van der Waals surface area (Å²) in [5, 5.41) is 3.02. The lowest BCUT2D eigenvalue weighted by atomic mass is 9.89. The number of nitrogens with two attached hydrogens (primary N) is 1. The van der Waals surface area contributed by atoms with Crippen LogP contribution >= 0.6 is 0 Å². The van der Waals surface area contributed by atoms with Crippen molar-refractivity contribution in [2.24, 2.45) is 5.73 Å². The molecule has 0 radical (unpaired) electrons. The van der Waals surface area contributed by atoms with Crippen LogP contribution in [0, 0.1) is 0 Å². The third-order valence-corrected chi connectivity index (χ3v) is 3.10. The first-order valence-corrected chi connectivity index (χ1v) is 5.61. The van der Waals surface area contributed by atoms with E-state index in [1.807, 2.05) is 0 Å². The zero-order chi connectivity index (χ0) is 11.9. The Morgan fingerprint density at radius 1 is 1.33 bits per heavy atom. The van der Waals surface area contributed by atoms with E-state index in [0.717, 1.165) is 19.3 Å². The summed E-state index contributed by atoms with van der Waals surface area (Å²) in [6.07, 6.45) is 2.77. The quantitative estimate of drug-likeness (QED) is 0.668. The third kappa shape index (κ3) is 4.18. The Morgan fingerprint density at radius 3 is 2.13 bits per heavy atom. The highest BCUT2D eigenvalue weighted by Gasteiger charge is 2.27. The molecule has 1 amide bonds. The highest BCUT2D eigenvalue weighted by molar-refractivity contribution is 5.82. The van der Waals surface area contributed by atoms with E-state index >= 15 is 0 Å². The lowest BCUT2D eigenvalue weighted by Crippen LogP contribution is -2.54. The second-order valence-electron chi connectivity index (χ2n) is 3.89. The zero-order valence-electron chi connectivity index (χ0n) is 10.3. The maximum atomic E-state index is 11.7. The van der Waals surface area contributed by atoms with Crippen molar-refractivity contribution in [3.05, 3.63) is 0 Å². The van der Waals surface area contributed by atoms with Crippen molar-refractivity contribution in [1.82, 2.24) is 5.32 Å². The van der Waals surface area contributed by atoms with Gasteiger partial charge in [-0.05, 0) is 19.3 Å². The highest BCUT2D eigenvalue weighted by atomic mass is 16.5. The molecule has 0 aromatic heterocycles. The molecule has 0 aliphatic heterocycles. The van der Waals surface area contributed by atoms with Crippen molar-refractivity contribution < 1.29 is 9.53 Å². The second-order valence-corrected chi connectivity index (χ2v) is 3.89. The van der Waals surface area contributed by atoms with Crippen LogP contribution in [0.3, 0.4) is 0 Å². The first-order valence-electron chi connectivity index (χ1n) is 5.61. The van der Waals surface area contributed by atoms with Gasteiger partial charge in [0.05, 0.1) is 6.61 Å². The van der Waals surface area contributed by atoms with Crippen molar-refractivity contribution >= 4 is 5.91 Å². The van der Waals surface area contributed by atoms with Crippen LogP contribution in [0.4, 0.5) is 0 Å². The lowest BCUT2D eigenvalue weighted by molar-refractivity contribution is -0.125. The molecule has 0 bridgehead atoms. The summed E-state index contributed by atoms with van der Waals surface area (Å²) in [6.45, 7) is 6.50. The molecule has 0 heterocycles. The van der Waals surface area contributed by atoms with Crippen molar-refractivity contribution in [1.29, 1.82) is 0 Å². The average Bonchev–Trinajstić information content (AvgIpc) is 2.26. The maximum Gasteiger partial charge on any atom is 0.239 e. The fourth-order valence-electron chi connectivity index (χ4n) is 1.62. The molecule has 0 aliphatic carbocycles. The predicted molar refractivity (Wildman–Crippen MR) is 61.6 cm³/mol. The monoisotopic (exact) mass is 216 g/mol. The molecule has 0 aromatic rings. The Bertz CT molecular complexity index is 183. The normalized spacial score (nSPS) is 13.7. The van der Waals surface area contributed by atoms with Gasteiger partial charge >= 0.3 is 0 Å². The van der Waals surface area contributed by atoms with E-state index in [4.69, 9.17) is 10.5 Å². The third-order valence-electron chi connectivity index (χ3n) is 3.10. The molecule has 1 unspecified atom stereocenters. The Hall–Kier alpha value is -0.610. The van der Waals surface area contributed by atoms with Crippen LogP contribution in [0.15, 0.2) is 0 Å². The summed E-state index contributed by atoms with van der Waals surface area (Å²) in [6, 6.07) is -0.570. The van der Waals surface area contributed by atoms with Crippen molar-refractivity contribution in [3.8, 4) is 0 Å². The number of carbonyl (C=O) groups excluding carboxylic acids is 1. The van der Waals surface area contributed by atoms with E-state index < -0.39 is 6.04 Å². The number of rotatable bonds is 7. The van der Waals surface area contributed by atoms with Gasteiger partial charge in [0.25, 0.3) is 0 Å². The van der Waals surface area contributed by atoms with Crippen LogP contribution in [-0.2, 0) is 9.53 Å². The van der Waals surface area contributed by atoms with E-state index in [1.165, 1.54) is 0 Å². The molecule has 0 saturated carbocycles. The van der Waals surface area contributed by atoms with Gasteiger partial charge in [-0.25, -0.2) is 0 Å². The molecule has 0 rings (SSSR count). The summed E-state index contributed by atoms with van der Waals surface area (Å²) in [4.78, 5) is 11.7. The molecule has 0 saturated heterocycles. The van der Waals surface area contributed by atoms with Gasteiger partial charge in [0.15, 0.2) is 0 Å². The first-order chi connectivity index (χ1) is 7.05. The average molecular weight is 216 g/mol. The van der Waals surface area contributed by atoms with Gasteiger partial charge in [-0.1, -0.05) is 20.8 Å². The number of hydrogen-bond acceptors (Lipinski definition) is 3. The Labute approximate surface area is 92.6 Å². The molecule has 1 atom stereocenters. The van der Waals surface area contributed by atoms with E-state index in [0.29, 0.717) is 0 Å². The van der Waals surface area contributed by atoms with Crippen LogP contribution in [0.1, 0.15) is 40.0 Å². The van der Waals surface area contributed by atoms with Gasteiger partial charge in [0.1, 0.15) is 6.04 Å². The SMILES string of the molecule is CCC(CC)(CC)NC(=O)C(N)COC. The minimum Gasteiger partial charge on any atom is -0.383 e. The lowest BCUT2D eigenvalue weighted by Gasteiger charge is -2.32. The van der Waals surface area contributed by atoms with Crippen molar-refractivity contribution in [2.75, 3.05) is 13.7 Å². The van der Waals surface area contributed by atoms with Gasteiger partial charge in [0, 0.05) is 12.6 Å². The summed E-state index contributed by atoms with van der Waals surface area (Å²) >= 11 is 0. The smallest absolute Gasteiger partial charge is 0.239 e. The maximum absolute atomic E-state index is 11.7. The second kappa shape index (κ2) is 6.80. The molecule has 0 aliphatic rings.